The first kappa shape index (κ1) is 14.9. The van der Waals surface area contributed by atoms with Crippen molar-refractivity contribution in [2.24, 2.45) is 5.92 Å². The molecule has 0 aromatic rings. The van der Waals surface area contributed by atoms with Gasteiger partial charge >= 0.3 is 0 Å². The van der Waals surface area contributed by atoms with Gasteiger partial charge in [-0.05, 0) is 31.8 Å². The average molecular weight is 257 g/mol. The Morgan fingerprint density at radius 1 is 1.33 bits per heavy atom. The zero-order valence-electron chi connectivity index (χ0n) is 11.0. The molecule has 0 aromatic carbocycles. The van der Waals surface area contributed by atoms with Crippen LogP contribution in [0.1, 0.15) is 19.3 Å². The standard InChI is InChI=1S/C12H23N3O3/c1-18-7-6-14-12(17)9-15-11(16)3-2-10-4-5-13-8-10/h10,13H,2-9H2,1H3,(H,14,17)(H,15,16). The number of carbonyl (C=O) groups is 2. The molecule has 104 valence electrons. The molecule has 1 rings (SSSR count). The van der Waals surface area contributed by atoms with Gasteiger partial charge in [-0.3, -0.25) is 9.59 Å². The van der Waals surface area contributed by atoms with Crippen LogP contribution in [-0.4, -0.2) is 51.7 Å². The number of ether oxygens (including phenoxy) is 1. The number of carbonyl (C=O) groups excluding carboxylic acids is 2. The maximum absolute atomic E-state index is 11.5. The van der Waals surface area contributed by atoms with Crippen molar-refractivity contribution in [2.75, 3.05) is 39.9 Å². The lowest BCUT2D eigenvalue weighted by molar-refractivity contribution is -0.126. The van der Waals surface area contributed by atoms with Crippen molar-refractivity contribution in [3.8, 4) is 0 Å². The molecule has 1 aliphatic rings. The molecule has 2 amide bonds. The Bertz CT molecular complexity index is 265. The molecular formula is C12H23N3O3. The molecule has 3 N–H and O–H groups in total. The quantitative estimate of drug-likeness (QED) is 0.500. The molecule has 0 bridgehead atoms. The van der Waals surface area contributed by atoms with Gasteiger partial charge in [-0.2, -0.15) is 0 Å². The third-order valence-electron chi connectivity index (χ3n) is 3.02. The highest BCUT2D eigenvalue weighted by Crippen LogP contribution is 2.13. The Kier molecular flexibility index (Phi) is 7.36. The molecule has 0 aromatic heterocycles. The summed E-state index contributed by atoms with van der Waals surface area (Å²) in [5.74, 6) is 0.373. The molecule has 1 aliphatic heterocycles. The zero-order chi connectivity index (χ0) is 13.2. The van der Waals surface area contributed by atoms with Gasteiger partial charge in [-0.15, -0.1) is 0 Å². The molecule has 0 aliphatic carbocycles. The van der Waals surface area contributed by atoms with Crippen LogP contribution in [0.25, 0.3) is 0 Å². The van der Waals surface area contributed by atoms with Crippen molar-refractivity contribution in [2.45, 2.75) is 19.3 Å². The predicted octanol–water partition coefficient (Wildman–Crippen LogP) is -0.745. The van der Waals surface area contributed by atoms with E-state index in [-0.39, 0.29) is 18.4 Å². The highest BCUT2D eigenvalue weighted by atomic mass is 16.5. The van der Waals surface area contributed by atoms with Crippen LogP contribution in [0.4, 0.5) is 0 Å². The van der Waals surface area contributed by atoms with Crippen LogP contribution < -0.4 is 16.0 Å². The van der Waals surface area contributed by atoms with Crippen LogP contribution in [0.5, 0.6) is 0 Å². The van der Waals surface area contributed by atoms with Crippen LogP contribution in [0.3, 0.4) is 0 Å². The van der Waals surface area contributed by atoms with Crippen LogP contribution in [0.15, 0.2) is 0 Å². The molecule has 0 spiro atoms. The molecule has 0 radical (unpaired) electrons. The molecule has 1 heterocycles. The van der Waals surface area contributed by atoms with Gasteiger partial charge in [-0.25, -0.2) is 0 Å². The van der Waals surface area contributed by atoms with Gasteiger partial charge < -0.3 is 20.7 Å². The minimum absolute atomic E-state index is 0.0471. The van der Waals surface area contributed by atoms with E-state index in [1.54, 1.807) is 7.11 Å². The van der Waals surface area contributed by atoms with Crippen LogP contribution in [0.2, 0.25) is 0 Å². The maximum atomic E-state index is 11.5. The highest BCUT2D eigenvalue weighted by Gasteiger charge is 2.15. The third kappa shape index (κ3) is 6.56. The summed E-state index contributed by atoms with van der Waals surface area (Å²) < 4.78 is 4.81. The Labute approximate surface area is 108 Å². The summed E-state index contributed by atoms with van der Waals surface area (Å²) in [5.41, 5.74) is 0. The molecule has 0 saturated carbocycles. The van der Waals surface area contributed by atoms with E-state index in [2.05, 4.69) is 16.0 Å². The number of hydrogen-bond acceptors (Lipinski definition) is 4. The average Bonchev–Trinajstić information content (AvgIpc) is 2.87. The summed E-state index contributed by atoms with van der Waals surface area (Å²) in [6.45, 7) is 3.05. The van der Waals surface area contributed by atoms with Gasteiger partial charge in [0, 0.05) is 20.1 Å². The minimum Gasteiger partial charge on any atom is -0.383 e. The molecule has 6 nitrogen and oxygen atoms in total. The topological polar surface area (TPSA) is 79.5 Å². The maximum Gasteiger partial charge on any atom is 0.239 e. The fourth-order valence-corrected chi connectivity index (χ4v) is 1.92. The lowest BCUT2D eigenvalue weighted by Crippen LogP contribution is -2.38. The summed E-state index contributed by atoms with van der Waals surface area (Å²) >= 11 is 0. The van der Waals surface area contributed by atoms with E-state index in [0.717, 1.165) is 25.9 Å². The third-order valence-corrected chi connectivity index (χ3v) is 3.02. The van der Waals surface area contributed by atoms with Crippen LogP contribution in [0, 0.1) is 5.92 Å². The fraction of sp³-hybridized carbons (Fsp3) is 0.833. The van der Waals surface area contributed by atoms with E-state index >= 15 is 0 Å². The number of methoxy groups -OCH3 is 1. The SMILES string of the molecule is COCCNC(=O)CNC(=O)CCC1CCNC1. The highest BCUT2D eigenvalue weighted by molar-refractivity contribution is 5.84. The van der Waals surface area contributed by atoms with Crippen molar-refractivity contribution in [3.63, 3.8) is 0 Å². The fourth-order valence-electron chi connectivity index (χ4n) is 1.92. The van der Waals surface area contributed by atoms with Gasteiger partial charge in [0.2, 0.25) is 11.8 Å². The number of hydrogen-bond donors (Lipinski definition) is 3. The summed E-state index contributed by atoms with van der Waals surface area (Å²) in [5, 5.41) is 8.54. The van der Waals surface area contributed by atoms with Gasteiger partial charge in [0.1, 0.15) is 0 Å². The summed E-state index contributed by atoms with van der Waals surface area (Å²) in [4.78, 5) is 22.8. The molecule has 1 atom stereocenters. The molecule has 6 heteroatoms. The Hall–Kier alpha value is -1.14. The van der Waals surface area contributed by atoms with Gasteiger partial charge in [0.15, 0.2) is 0 Å². The van der Waals surface area contributed by atoms with Crippen molar-refractivity contribution in [3.05, 3.63) is 0 Å². The van der Waals surface area contributed by atoms with E-state index in [9.17, 15) is 9.59 Å². The predicted molar refractivity (Wildman–Crippen MR) is 68.1 cm³/mol. The zero-order valence-corrected chi connectivity index (χ0v) is 11.0. The number of rotatable bonds is 8. The second-order valence-corrected chi connectivity index (χ2v) is 4.52. The number of amides is 2. The molecule has 1 fully saturated rings. The lowest BCUT2D eigenvalue weighted by atomic mass is 10.0. The molecular weight excluding hydrogens is 234 g/mol. The first-order valence-electron chi connectivity index (χ1n) is 6.45. The molecule has 1 unspecified atom stereocenters. The van der Waals surface area contributed by atoms with E-state index in [1.165, 1.54) is 0 Å². The van der Waals surface area contributed by atoms with Crippen molar-refractivity contribution in [1.29, 1.82) is 0 Å². The first-order valence-corrected chi connectivity index (χ1v) is 6.45. The van der Waals surface area contributed by atoms with E-state index in [4.69, 9.17) is 4.74 Å². The summed E-state index contributed by atoms with van der Waals surface area (Å²) in [6.07, 6.45) is 2.53. The molecule has 18 heavy (non-hydrogen) atoms. The van der Waals surface area contributed by atoms with Crippen LogP contribution >= 0.6 is 0 Å². The largest absolute Gasteiger partial charge is 0.383 e. The van der Waals surface area contributed by atoms with Gasteiger partial charge in [0.25, 0.3) is 0 Å². The number of nitrogens with one attached hydrogen (secondary N) is 3. The van der Waals surface area contributed by atoms with Crippen molar-refractivity contribution in [1.82, 2.24) is 16.0 Å². The lowest BCUT2D eigenvalue weighted by Gasteiger charge is -2.09. The first-order chi connectivity index (χ1) is 8.72. The Balaban J connectivity index is 1.99. The normalized spacial score (nSPS) is 18.6. The van der Waals surface area contributed by atoms with E-state index in [0.29, 0.717) is 25.5 Å². The molecule has 1 saturated heterocycles. The van der Waals surface area contributed by atoms with Gasteiger partial charge in [-0.1, -0.05) is 0 Å². The van der Waals surface area contributed by atoms with Gasteiger partial charge in [0.05, 0.1) is 13.2 Å². The van der Waals surface area contributed by atoms with Crippen molar-refractivity contribution < 1.29 is 14.3 Å². The Morgan fingerprint density at radius 2 is 2.17 bits per heavy atom. The second-order valence-electron chi connectivity index (χ2n) is 4.52. The van der Waals surface area contributed by atoms with Crippen LogP contribution in [-0.2, 0) is 14.3 Å². The smallest absolute Gasteiger partial charge is 0.239 e. The van der Waals surface area contributed by atoms with E-state index in [1.807, 2.05) is 0 Å². The minimum atomic E-state index is -0.178. The monoisotopic (exact) mass is 257 g/mol. The van der Waals surface area contributed by atoms with E-state index < -0.39 is 0 Å². The Morgan fingerprint density at radius 3 is 2.83 bits per heavy atom. The summed E-state index contributed by atoms with van der Waals surface area (Å²) in [7, 11) is 1.58. The van der Waals surface area contributed by atoms with Crippen molar-refractivity contribution >= 4 is 11.8 Å². The summed E-state index contributed by atoms with van der Waals surface area (Å²) in [6, 6.07) is 0. The second kappa shape index (κ2) is 8.88.